The molecule has 0 saturated heterocycles. The fourth-order valence-corrected chi connectivity index (χ4v) is 2.34. The summed E-state index contributed by atoms with van der Waals surface area (Å²) < 4.78 is 0. The van der Waals surface area contributed by atoms with E-state index in [2.05, 4.69) is 36.0 Å². The molecule has 3 nitrogen and oxygen atoms in total. The monoisotopic (exact) mass is 219 g/mol. The second-order valence-electron chi connectivity index (χ2n) is 4.74. The Labute approximate surface area is 97.8 Å². The number of rotatable bonds is 4. The normalized spacial score (nSPS) is 14.6. The van der Waals surface area contributed by atoms with Crippen molar-refractivity contribution in [3.63, 3.8) is 0 Å². The number of nitrogen functional groups attached to an aromatic ring is 1. The van der Waals surface area contributed by atoms with Gasteiger partial charge in [0.05, 0.1) is 0 Å². The van der Waals surface area contributed by atoms with Gasteiger partial charge in [-0.15, -0.1) is 0 Å². The maximum atomic E-state index is 5.98. The van der Waals surface area contributed by atoms with Crippen LogP contribution in [0.1, 0.15) is 12.0 Å². The van der Waals surface area contributed by atoms with Gasteiger partial charge in [0, 0.05) is 30.0 Å². The van der Waals surface area contributed by atoms with E-state index in [9.17, 15) is 0 Å². The molecule has 0 bridgehead atoms. The van der Waals surface area contributed by atoms with Crippen LogP contribution in [0.5, 0.6) is 0 Å². The van der Waals surface area contributed by atoms with Gasteiger partial charge in [-0.1, -0.05) is 6.07 Å². The van der Waals surface area contributed by atoms with Gasteiger partial charge in [-0.25, -0.2) is 0 Å². The van der Waals surface area contributed by atoms with Gasteiger partial charge >= 0.3 is 0 Å². The van der Waals surface area contributed by atoms with Crippen LogP contribution in [0.3, 0.4) is 0 Å². The van der Waals surface area contributed by atoms with E-state index in [4.69, 9.17) is 5.73 Å². The summed E-state index contributed by atoms with van der Waals surface area (Å²) in [6, 6.07) is 6.24. The highest BCUT2D eigenvalue weighted by molar-refractivity contribution is 5.68. The quantitative estimate of drug-likeness (QED) is 0.780. The molecule has 3 heteroatoms. The predicted molar refractivity (Wildman–Crippen MR) is 69.9 cm³/mol. The van der Waals surface area contributed by atoms with Crippen molar-refractivity contribution >= 4 is 11.4 Å². The average Bonchev–Trinajstić information content (AvgIpc) is 2.63. The first-order valence-corrected chi connectivity index (χ1v) is 5.95. The van der Waals surface area contributed by atoms with E-state index in [1.54, 1.807) is 0 Å². The number of hydrogen-bond acceptors (Lipinski definition) is 3. The standard InChI is InChI=1S/C13H21N3/c1-15(2)8-4-9-16-10-7-11-12(14)5-3-6-13(11)16/h3,5-6H,4,7-10,14H2,1-2H3. The van der Waals surface area contributed by atoms with Gasteiger partial charge in [0.2, 0.25) is 0 Å². The molecule has 0 unspecified atom stereocenters. The van der Waals surface area contributed by atoms with Crippen LogP contribution < -0.4 is 10.6 Å². The van der Waals surface area contributed by atoms with Crippen LogP contribution in [0, 0.1) is 0 Å². The lowest BCUT2D eigenvalue weighted by molar-refractivity contribution is 0.401. The highest BCUT2D eigenvalue weighted by Crippen LogP contribution is 2.31. The van der Waals surface area contributed by atoms with Gasteiger partial charge in [-0.3, -0.25) is 0 Å². The molecule has 2 rings (SSSR count). The van der Waals surface area contributed by atoms with Crippen LogP contribution in [0.4, 0.5) is 11.4 Å². The van der Waals surface area contributed by atoms with Gasteiger partial charge in [-0.05, 0) is 45.6 Å². The van der Waals surface area contributed by atoms with Crippen LogP contribution in [0.15, 0.2) is 18.2 Å². The summed E-state index contributed by atoms with van der Waals surface area (Å²) in [5, 5.41) is 0. The molecule has 0 spiro atoms. The maximum absolute atomic E-state index is 5.98. The molecule has 0 saturated carbocycles. The van der Waals surface area contributed by atoms with Gasteiger partial charge in [-0.2, -0.15) is 0 Å². The molecule has 1 aliphatic rings. The Bertz CT molecular complexity index is 360. The molecule has 0 atom stereocenters. The number of fused-ring (bicyclic) bond motifs is 1. The van der Waals surface area contributed by atoms with Crippen LogP contribution in [-0.4, -0.2) is 38.6 Å². The van der Waals surface area contributed by atoms with Crippen LogP contribution in [-0.2, 0) is 6.42 Å². The third kappa shape index (κ3) is 2.30. The molecule has 1 heterocycles. The first kappa shape index (κ1) is 11.3. The Hall–Kier alpha value is -1.22. The minimum atomic E-state index is 0.951. The highest BCUT2D eigenvalue weighted by Gasteiger charge is 2.19. The van der Waals surface area contributed by atoms with Gasteiger partial charge in [0.25, 0.3) is 0 Å². The average molecular weight is 219 g/mol. The lowest BCUT2D eigenvalue weighted by Crippen LogP contribution is -2.25. The smallest absolute Gasteiger partial charge is 0.0420 e. The third-order valence-electron chi connectivity index (χ3n) is 3.19. The summed E-state index contributed by atoms with van der Waals surface area (Å²) in [6.45, 7) is 3.40. The number of hydrogen-bond donors (Lipinski definition) is 1. The fraction of sp³-hybridized carbons (Fsp3) is 0.538. The second kappa shape index (κ2) is 4.74. The zero-order valence-electron chi connectivity index (χ0n) is 10.2. The van der Waals surface area contributed by atoms with Crippen molar-refractivity contribution in [3.05, 3.63) is 23.8 Å². The van der Waals surface area contributed by atoms with Crippen LogP contribution in [0.2, 0.25) is 0 Å². The Balaban J connectivity index is 1.98. The first-order chi connectivity index (χ1) is 7.68. The van der Waals surface area contributed by atoms with Crippen molar-refractivity contribution in [2.24, 2.45) is 0 Å². The topological polar surface area (TPSA) is 32.5 Å². The van der Waals surface area contributed by atoms with Crippen molar-refractivity contribution in [2.75, 3.05) is 44.4 Å². The molecular formula is C13H21N3. The summed E-state index contributed by atoms with van der Waals surface area (Å²) in [7, 11) is 4.24. The van der Waals surface area contributed by atoms with Crippen molar-refractivity contribution in [1.29, 1.82) is 0 Å². The van der Waals surface area contributed by atoms with Gasteiger partial charge < -0.3 is 15.5 Å². The van der Waals surface area contributed by atoms with E-state index in [-0.39, 0.29) is 0 Å². The Morgan fingerprint density at radius 1 is 1.38 bits per heavy atom. The SMILES string of the molecule is CN(C)CCCN1CCc2c(N)cccc21. The van der Waals surface area contributed by atoms with E-state index in [0.29, 0.717) is 0 Å². The summed E-state index contributed by atoms with van der Waals surface area (Å²) in [6.07, 6.45) is 2.31. The predicted octanol–water partition coefficient (Wildman–Crippen LogP) is 1.58. The van der Waals surface area contributed by atoms with Gasteiger partial charge in [0.1, 0.15) is 0 Å². The Kier molecular flexibility index (Phi) is 3.34. The van der Waals surface area contributed by atoms with E-state index in [1.807, 2.05) is 6.07 Å². The lowest BCUT2D eigenvalue weighted by Gasteiger charge is -2.20. The van der Waals surface area contributed by atoms with Crippen LogP contribution in [0.25, 0.3) is 0 Å². The second-order valence-corrected chi connectivity index (χ2v) is 4.74. The molecule has 1 aromatic rings. The first-order valence-electron chi connectivity index (χ1n) is 5.95. The molecule has 88 valence electrons. The number of benzene rings is 1. The Morgan fingerprint density at radius 2 is 2.19 bits per heavy atom. The Morgan fingerprint density at radius 3 is 2.94 bits per heavy atom. The van der Waals surface area contributed by atoms with Crippen molar-refractivity contribution in [3.8, 4) is 0 Å². The summed E-state index contributed by atoms with van der Waals surface area (Å²) in [5.41, 5.74) is 9.61. The van der Waals surface area contributed by atoms with Gasteiger partial charge in [0.15, 0.2) is 0 Å². The molecule has 1 aromatic carbocycles. The largest absolute Gasteiger partial charge is 0.398 e. The number of nitrogens with zero attached hydrogens (tertiary/aromatic N) is 2. The molecule has 0 amide bonds. The molecule has 0 aliphatic carbocycles. The minimum Gasteiger partial charge on any atom is -0.398 e. The van der Waals surface area contributed by atoms with Crippen molar-refractivity contribution in [1.82, 2.24) is 4.90 Å². The maximum Gasteiger partial charge on any atom is 0.0420 e. The lowest BCUT2D eigenvalue weighted by atomic mass is 10.1. The van der Waals surface area contributed by atoms with E-state index >= 15 is 0 Å². The zero-order valence-corrected chi connectivity index (χ0v) is 10.2. The number of anilines is 2. The molecule has 0 radical (unpaired) electrons. The van der Waals surface area contributed by atoms with Crippen molar-refractivity contribution in [2.45, 2.75) is 12.8 Å². The molecule has 0 aromatic heterocycles. The number of nitrogens with two attached hydrogens (primary N) is 1. The summed E-state index contributed by atoms with van der Waals surface area (Å²) >= 11 is 0. The van der Waals surface area contributed by atoms with Crippen LogP contribution >= 0.6 is 0 Å². The van der Waals surface area contributed by atoms with E-state index in [1.165, 1.54) is 17.7 Å². The fourth-order valence-electron chi connectivity index (χ4n) is 2.34. The van der Waals surface area contributed by atoms with E-state index < -0.39 is 0 Å². The molecule has 1 aliphatic heterocycles. The van der Waals surface area contributed by atoms with E-state index in [0.717, 1.165) is 31.7 Å². The van der Waals surface area contributed by atoms with Crippen molar-refractivity contribution < 1.29 is 0 Å². The summed E-state index contributed by atoms with van der Waals surface area (Å²) in [4.78, 5) is 4.69. The molecular weight excluding hydrogens is 198 g/mol. The zero-order chi connectivity index (χ0) is 11.5. The summed E-state index contributed by atoms with van der Waals surface area (Å²) in [5.74, 6) is 0. The third-order valence-corrected chi connectivity index (χ3v) is 3.19. The molecule has 16 heavy (non-hydrogen) atoms. The minimum absolute atomic E-state index is 0.951. The highest BCUT2D eigenvalue weighted by atomic mass is 15.2. The molecule has 0 fully saturated rings. The molecule has 2 N–H and O–H groups in total.